The van der Waals surface area contributed by atoms with Crippen LogP contribution in [-0.4, -0.2) is 15.1 Å². The van der Waals surface area contributed by atoms with Crippen LogP contribution in [0.1, 0.15) is 23.9 Å². The molecule has 1 aliphatic rings. The van der Waals surface area contributed by atoms with Crippen molar-refractivity contribution in [3.63, 3.8) is 0 Å². The molecule has 2 aromatic heterocycles. The largest absolute Gasteiger partial charge is 0.301 e. The van der Waals surface area contributed by atoms with E-state index in [2.05, 4.69) is 9.38 Å². The summed E-state index contributed by atoms with van der Waals surface area (Å²) in [7, 11) is 0. The minimum Gasteiger partial charge on any atom is -0.301 e. The lowest BCUT2D eigenvalue weighted by Crippen LogP contribution is -1.97. The van der Waals surface area contributed by atoms with E-state index in [1.807, 2.05) is 36.3 Å². The first-order valence-electron chi connectivity index (χ1n) is 5.09. The predicted octanol–water partition coefficient (Wildman–Crippen LogP) is 3.56. The summed E-state index contributed by atoms with van der Waals surface area (Å²) in [6, 6.07) is 3.92. The van der Waals surface area contributed by atoms with Crippen LogP contribution in [0.4, 0.5) is 0 Å². The Morgan fingerprint density at radius 1 is 1.47 bits per heavy atom. The highest BCUT2D eigenvalue weighted by Crippen LogP contribution is 2.39. The molecule has 1 fully saturated rings. The monoisotopic (exact) mass is 238 g/mol. The van der Waals surface area contributed by atoms with Crippen molar-refractivity contribution in [1.29, 1.82) is 0 Å². The quantitative estimate of drug-likeness (QED) is 0.756. The fourth-order valence-corrected chi connectivity index (χ4v) is 3.44. The highest BCUT2D eigenvalue weighted by atomic mass is 35.5. The topological polar surface area (TPSA) is 17.3 Å². The minimum atomic E-state index is 0.547. The highest BCUT2D eigenvalue weighted by Gasteiger charge is 2.21. The Balaban J connectivity index is 2.13. The lowest BCUT2D eigenvalue weighted by molar-refractivity contribution is 0.774. The van der Waals surface area contributed by atoms with E-state index in [1.165, 1.54) is 18.6 Å². The second-order valence-electron chi connectivity index (χ2n) is 3.76. The van der Waals surface area contributed by atoms with E-state index >= 15 is 0 Å². The van der Waals surface area contributed by atoms with Crippen LogP contribution in [0.5, 0.6) is 0 Å². The van der Waals surface area contributed by atoms with Crippen LogP contribution in [0, 0.1) is 0 Å². The molecule has 0 N–H and O–H groups in total. The van der Waals surface area contributed by atoms with Crippen molar-refractivity contribution in [3.05, 3.63) is 35.4 Å². The number of hydrogen-bond acceptors (Lipinski definition) is 2. The molecule has 2 nitrogen and oxygen atoms in total. The summed E-state index contributed by atoms with van der Waals surface area (Å²) in [5, 5.41) is 1.32. The minimum absolute atomic E-state index is 0.547. The second kappa shape index (κ2) is 3.72. The Labute approximate surface area is 97.6 Å². The number of fused-ring (bicyclic) bond motifs is 1. The number of hydrogen-bond donors (Lipinski definition) is 0. The smallest absolute Gasteiger partial charge is 0.126 e. The van der Waals surface area contributed by atoms with Gasteiger partial charge >= 0.3 is 0 Å². The number of pyridine rings is 1. The Morgan fingerprint density at radius 2 is 2.40 bits per heavy atom. The van der Waals surface area contributed by atoms with Gasteiger partial charge in [0.1, 0.15) is 5.82 Å². The van der Waals surface area contributed by atoms with Gasteiger partial charge in [-0.15, -0.1) is 0 Å². The molecule has 1 atom stereocenters. The first-order chi connectivity index (χ1) is 7.34. The van der Waals surface area contributed by atoms with Gasteiger partial charge in [-0.3, -0.25) is 0 Å². The maximum atomic E-state index is 6.00. The van der Waals surface area contributed by atoms with Gasteiger partial charge in [-0.25, -0.2) is 4.98 Å². The van der Waals surface area contributed by atoms with Gasteiger partial charge in [0, 0.05) is 6.20 Å². The molecule has 78 valence electrons. The van der Waals surface area contributed by atoms with E-state index in [1.54, 1.807) is 0 Å². The van der Waals surface area contributed by atoms with E-state index in [0.29, 0.717) is 5.25 Å². The zero-order chi connectivity index (χ0) is 10.3. The lowest BCUT2D eigenvalue weighted by Gasteiger charge is -2.07. The first kappa shape index (κ1) is 9.55. The van der Waals surface area contributed by atoms with Gasteiger partial charge < -0.3 is 4.40 Å². The van der Waals surface area contributed by atoms with Crippen molar-refractivity contribution < 1.29 is 0 Å². The van der Waals surface area contributed by atoms with Crippen molar-refractivity contribution >= 4 is 28.9 Å². The van der Waals surface area contributed by atoms with Crippen molar-refractivity contribution in [2.24, 2.45) is 0 Å². The fraction of sp³-hybridized carbons (Fsp3) is 0.364. The fourth-order valence-electron chi connectivity index (χ4n) is 2.00. The molecule has 15 heavy (non-hydrogen) atoms. The molecule has 3 rings (SSSR count). The third kappa shape index (κ3) is 1.64. The summed E-state index contributed by atoms with van der Waals surface area (Å²) in [4.78, 5) is 4.50. The van der Waals surface area contributed by atoms with Gasteiger partial charge in [-0.05, 0) is 30.7 Å². The number of rotatable bonds is 1. The van der Waals surface area contributed by atoms with E-state index < -0.39 is 0 Å². The standard InChI is InChI=1S/C11H11ClN2S/c12-8-3-4-9-6-13-11(14(9)7-8)10-2-1-5-15-10/h3-4,6-7,10H,1-2,5H2. The molecular formula is C11H11ClN2S. The summed E-state index contributed by atoms with van der Waals surface area (Å²) in [6.07, 6.45) is 6.41. The molecule has 0 radical (unpaired) electrons. The molecule has 0 aromatic carbocycles. The molecule has 1 unspecified atom stereocenters. The summed E-state index contributed by atoms with van der Waals surface area (Å²) in [5.41, 5.74) is 1.13. The molecule has 0 saturated carbocycles. The normalized spacial score (nSPS) is 21.3. The first-order valence-corrected chi connectivity index (χ1v) is 6.51. The Kier molecular flexibility index (Phi) is 2.37. The van der Waals surface area contributed by atoms with Crippen molar-refractivity contribution in [3.8, 4) is 0 Å². The third-order valence-corrected chi connectivity index (χ3v) is 4.33. The van der Waals surface area contributed by atoms with Gasteiger partial charge in [0.05, 0.1) is 22.0 Å². The molecule has 1 aliphatic heterocycles. The number of halogens is 1. The van der Waals surface area contributed by atoms with Crippen LogP contribution in [0.3, 0.4) is 0 Å². The molecule has 0 aliphatic carbocycles. The van der Waals surface area contributed by atoms with E-state index in [9.17, 15) is 0 Å². The van der Waals surface area contributed by atoms with Gasteiger partial charge in [-0.2, -0.15) is 11.8 Å². The van der Waals surface area contributed by atoms with Crippen molar-refractivity contribution in [1.82, 2.24) is 9.38 Å². The molecule has 1 saturated heterocycles. The van der Waals surface area contributed by atoms with Crippen LogP contribution >= 0.6 is 23.4 Å². The Morgan fingerprint density at radius 3 is 3.20 bits per heavy atom. The number of aromatic nitrogens is 2. The average Bonchev–Trinajstić information content (AvgIpc) is 2.83. The second-order valence-corrected chi connectivity index (χ2v) is 5.51. The summed E-state index contributed by atoms with van der Waals surface area (Å²) < 4.78 is 2.12. The molecule has 3 heterocycles. The molecule has 2 aromatic rings. The zero-order valence-electron chi connectivity index (χ0n) is 8.19. The van der Waals surface area contributed by atoms with Crippen molar-refractivity contribution in [2.45, 2.75) is 18.1 Å². The third-order valence-electron chi connectivity index (χ3n) is 2.74. The van der Waals surface area contributed by atoms with Gasteiger partial charge in [0.25, 0.3) is 0 Å². The lowest BCUT2D eigenvalue weighted by atomic mass is 10.2. The predicted molar refractivity (Wildman–Crippen MR) is 64.6 cm³/mol. The Bertz CT molecular complexity index is 488. The number of thioether (sulfide) groups is 1. The van der Waals surface area contributed by atoms with Gasteiger partial charge in [0.15, 0.2) is 0 Å². The molecule has 0 spiro atoms. The maximum absolute atomic E-state index is 6.00. The van der Waals surface area contributed by atoms with Crippen LogP contribution in [-0.2, 0) is 0 Å². The van der Waals surface area contributed by atoms with Gasteiger partial charge in [-0.1, -0.05) is 11.6 Å². The van der Waals surface area contributed by atoms with E-state index in [-0.39, 0.29) is 0 Å². The van der Waals surface area contributed by atoms with Crippen molar-refractivity contribution in [2.75, 3.05) is 5.75 Å². The maximum Gasteiger partial charge on any atom is 0.126 e. The Hall–Kier alpha value is -0.670. The van der Waals surface area contributed by atoms with Crippen LogP contribution in [0.25, 0.3) is 5.52 Å². The van der Waals surface area contributed by atoms with Crippen LogP contribution in [0.2, 0.25) is 5.02 Å². The van der Waals surface area contributed by atoms with E-state index in [4.69, 9.17) is 11.6 Å². The van der Waals surface area contributed by atoms with Crippen LogP contribution in [0.15, 0.2) is 24.5 Å². The zero-order valence-corrected chi connectivity index (χ0v) is 9.76. The van der Waals surface area contributed by atoms with Gasteiger partial charge in [0.2, 0.25) is 0 Å². The summed E-state index contributed by atoms with van der Waals surface area (Å²) >= 11 is 7.99. The molecule has 0 bridgehead atoms. The molecular weight excluding hydrogens is 228 g/mol. The number of nitrogens with zero attached hydrogens (tertiary/aromatic N) is 2. The SMILES string of the molecule is Clc1ccc2cnc(C3CCCS3)n2c1. The van der Waals surface area contributed by atoms with Crippen LogP contribution < -0.4 is 0 Å². The summed E-state index contributed by atoms with van der Waals surface area (Å²) in [6.45, 7) is 0. The number of imidazole rings is 1. The van der Waals surface area contributed by atoms with E-state index in [0.717, 1.165) is 16.4 Å². The summed E-state index contributed by atoms with van der Waals surface area (Å²) in [5.74, 6) is 2.40. The molecule has 0 amide bonds. The highest BCUT2D eigenvalue weighted by molar-refractivity contribution is 7.99. The molecule has 4 heteroatoms. The average molecular weight is 239 g/mol.